The fraction of sp³-hybridized carbons (Fsp3) is 0.400. The van der Waals surface area contributed by atoms with Crippen molar-refractivity contribution in [3.63, 3.8) is 0 Å². The van der Waals surface area contributed by atoms with Gasteiger partial charge in [-0.2, -0.15) is 4.31 Å². The van der Waals surface area contributed by atoms with Gasteiger partial charge in [0, 0.05) is 43.0 Å². The van der Waals surface area contributed by atoms with E-state index in [4.69, 9.17) is 4.52 Å². The number of hydrogen-bond acceptors (Lipinski definition) is 6. The maximum absolute atomic E-state index is 12.8. The Balaban J connectivity index is 1.73. The van der Waals surface area contributed by atoms with E-state index in [1.807, 2.05) is 0 Å². The Bertz CT molecular complexity index is 885. The number of halogens is 1. The predicted molar refractivity (Wildman–Crippen MR) is 92.6 cm³/mol. The van der Waals surface area contributed by atoms with E-state index >= 15 is 0 Å². The van der Waals surface area contributed by atoms with Gasteiger partial charge in [-0.3, -0.25) is 9.78 Å². The fourth-order valence-electron chi connectivity index (χ4n) is 2.81. The molecule has 1 aliphatic rings. The first-order valence-corrected chi connectivity index (χ1v) is 9.87. The zero-order valence-corrected chi connectivity index (χ0v) is 16.2. The van der Waals surface area contributed by atoms with Crippen LogP contribution in [0.2, 0.25) is 0 Å². The molecule has 134 valence electrons. The van der Waals surface area contributed by atoms with Crippen molar-refractivity contribution in [3.05, 3.63) is 40.0 Å². The average molecular weight is 429 g/mol. The summed E-state index contributed by atoms with van der Waals surface area (Å²) in [7, 11) is -3.68. The Morgan fingerprint density at radius 3 is 2.44 bits per heavy atom. The lowest BCUT2D eigenvalue weighted by Gasteiger charge is -2.33. The molecule has 0 bridgehead atoms. The maximum atomic E-state index is 12.8. The Morgan fingerprint density at radius 1 is 1.20 bits per heavy atom. The van der Waals surface area contributed by atoms with Crippen molar-refractivity contribution in [2.45, 2.75) is 18.7 Å². The van der Waals surface area contributed by atoms with Crippen LogP contribution in [0.4, 0.5) is 0 Å². The van der Waals surface area contributed by atoms with E-state index in [0.29, 0.717) is 24.3 Å². The average Bonchev–Trinajstić information content (AvgIpc) is 2.93. The van der Waals surface area contributed by atoms with Gasteiger partial charge < -0.3 is 9.42 Å². The van der Waals surface area contributed by atoms with Crippen LogP contribution in [0.15, 0.2) is 32.4 Å². The summed E-state index contributed by atoms with van der Waals surface area (Å²) in [6, 6.07) is 1.70. The third kappa shape index (κ3) is 3.46. The highest BCUT2D eigenvalue weighted by Gasteiger charge is 2.34. The zero-order chi connectivity index (χ0) is 18.2. The van der Waals surface area contributed by atoms with Gasteiger partial charge in [-0.1, -0.05) is 5.16 Å². The molecule has 0 spiro atoms. The number of amides is 1. The summed E-state index contributed by atoms with van der Waals surface area (Å²) in [5.41, 5.74) is 0.813. The molecule has 0 saturated carbocycles. The molecule has 2 aromatic heterocycles. The first-order chi connectivity index (χ1) is 11.8. The van der Waals surface area contributed by atoms with Gasteiger partial charge in [0.05, 0.1) is 5.56 Å². The van der Waals surface area contributed by atoms with Crippen molar-refractivity contribution in [1.29, 1.82) is 0 Å². The molecule has 0 radical (unpaired) electrons. The standard InChI is InChI=1S/C15H17BrN4O4S/c1-10-14(11(2)24-18-10)25(22,23)20-5-3-19(4-6-20)15(21)12-7-13(16)9-17-8-12/h7-9H,3-6H2,1-2H3. The molecule has 1 fully saturated rings. The molecule has 1 saturated heterocycles. The number of aromatic nitrogens is 2. The number of sulfonamides is 1. The molecule has 0 atom stereocenters. The monoisotopic (exact) mass is 428 g/mol. The molecule has 10 heteroatoms. The maximum Gasteiger partial charge on any atom is 0.255 e. The van der Waals surface area contributed by atoms with Gasteiger partial charge in [0.15, 0.2) is 5.76 Å². The molecule has 0 unspecified atom stereocenters. The van der Waals surface area contributed by atoms with Gasteiger partial charge in [0.1, 0.15) is 10.6 Å². The van der Waals surface area contributed by atoms with Gasteiger partial charge >= 0.3 is 0 Å². The molecular formula is C15H17BrN4O4S. The number of piperazine rings is 1. The van der Waals surface area contributed by atoms with Crippen molar-refractivity contribution in [1.82, 2.24) is 19.3 Å². The number of carbonyl (C=O) groups excluding carboxylic acids is 1. The van der Waals surface area contributed by atoms with Crippen LogP contribution in [0, 0.1) is 13.8 Å². The van der Waals surface area contributed by atoms with E-state index in [0.717, 1.165) is 4.47 Å². The molecule has 0 N–H and O–H groups in total. The van der Waals surface area contributed by atoms with E-state index in [1.54, 1.807) is 31.0 Å². The normalized spacial score (nSPS) is 16.2. The number of pyridine rings is 1. The Labute approximate surface area is 154 Å². The Morgan fingerprint density at radius 2 is 1.88 bits per heavy atom. The van der Waals surface area contributed by atoms with Gasteiger partial charge in [-0.25, -0.2) is 8.42 Å². The summed E-state index contributed by atoms with van der Waals surface area (Å²) in [5, 5.41) is 3.71. The molecule has 2 aromatic rings. The molecular weight excluding hydrogens is 412 g/mol. The highest BCUT2D eigenvalue weighted by molar-refractivity contribution is 9.10. The Hall–Kier alpha value is -1.78. The highest BCUT2D eigenvalue weighted by atomic mass is 79.9. The summed E-state index contributed by atoms with van der Waals surface area (Å²) in [4.78, 5) is 18.2. The third-order valence-corrected chi connectivity index (χ3v) is 6.62. The van der Waals surface area contributed by atoms with E-state index < -0.39 is 10.0 Å². The topological polar surface area (TPSA) is 96.6 Å². The molecule has 8 nitrogen and oxygen atoms in total. The summed E-state index contributed by atoms with van der Waals surface area (Å²) in [6.45, 7) is 4.25. The summed E-state index contributed by atoms with van der Waals surface area (Å²) >= 11 is 3.29. The number of nitrogens with zero attached hydrogens (tertiary/aromatic N) is 4. The van der Waals surface area contributed by atoms with Crippen LogP contribution in [-0.4, -0.2) is 59.8 Å². The number of rotatable bonds is 3. The van der Waals surface area contributed by atoms with E-state index in [9.17, 15) is 13.2 Å². The van der Waals surface area contributed by atoms with Gasteiger partial charge in [0.25, 0.3) is 5.91 Å². The number of carbonyl (C=O) groups is 1. The second-order valence-electron chi connectivity index (χ2n) is 5.74. The predicted octanol–water partition coefficient (Wildman–Crippen LogP) is 1.60. The molecule has 1 amide bonds. The minimum Gasteiger partial charge on any atom is -0.360 e. The van der Waals surface area contributed by atoms with Crippen LogP contribution < -0.4 is 0 Å². The summed E-state index contributed by atoms with van der Waals surface area (Å²) < 4.78 is 32.6. The minimum atomic E-state index is -3.68. The first-order valence-electron chi connectivity index (χ1n) is 7.63. The molecule has 0 aromatic carbocycles. The lowest BCUT2D eigenvalue weighted by molar-refractivity contribution is 0.0697. The van der Waals surface area contributed by atoms with Crippen LogP contribution in [-0.2, 0) is 10.0 Å². The van der Waals surface area contributed by atoms with Crippen LogP contribution in [0.25, 0.3) is 0 Å². The van der Waals surface area contributed by atoms with E-state index in [1.165, 1.54) is 10.5 Å². The van der Waals surface area contributed by atoms with Crippen molar-refractivity contribution in [2.75, 3.05) is 26.2 Å². The van der Waals surface area contributed by atoms with Gasteiger partial charge in [-0.15, -0.1) is 0 Å². The largest absolute Gasteiger partial charge is 0.360 e. The quantitative estimate of drug-likeness (QED) is 0.736. The number of aryl methyl sites for hydroxylation is 2. The smallest absolute Gasteiger partial charge is 0.255 e. The number of hydrogen-bond donors (Lipinski definition) is 0. The first kappa shape index (κ1) is 18.0. The molecule has 3 heterocycles. The second kappa shape index (κ2) is 6.85. The van der Waals surface area contributed by atoms with Crippen LogP contribution >= 0.6 is 15.9 Å². The van der Waals surface area contributed by atoms with Crippen LogP contribution in [0.5, 0.6) is 0 Å². The summed E-state index contributed by atoms with van der Waals surface area (Å²) in [5.74, 6) is 0.111. The minimum absolute atomic E-state index is 0.114. The lowest BCUT2D eigenvalue weighted by Crippen LogP contribution is -2.50. The van der Waals surface area contributed by atoms with Crippen LogP contribution in [0.1, 0.15) is 21.8 Å². The third-order valence-electron chi connectivity index (χ3n) is 4.04. The van der Waals surface area contributed by atoms with Crippen molar-refractivity contribution in [3.8, 4) is 0 Å². The van der Waals surface area contributed by atoms with E-state index in [2.05, 4.69) is 26.1 Å². The molecule has 3 rings (SSSR count). The Kier molecular flexibility index (Phi) is 4.94. The van der Waals surface area contributed by atoms with Crippen molar-refractivity contribution in [2.24, 2.45) is 0 Å². The SMILES string of the molecule is Cc1noc(C)c1S(=O)(=O)N1CCN(C(=O)c2cncc(Br)c2)CC1. The van der Waals surface area contributed by atoms with Gasteiger partial charge in [0.2, 0.25) is 10.0 Å². The molecule has 1 aliphatic heterocycles. The van der Waals surface area contributed by atoms with Crippen molar-refractivity contribution < 1.29 is 17.7 Å². The molecule has 25 heavy (non-hydrogen) atoms. The second-order valence-corrected chi connectivity index (χ2v) is 8.53. The highest BCUT2D eigenvalue weighted by Crippen LogP contribution is 2.24. The fourth-order valence-corrected chi connectivity index (χ4v) is 4.89. The van der Waals surface area contributed by atoms with Crippen molar-refractivity contribution >= 4 is 31.9 Å². The van der Waals surface area contributed by atoms with E-state index in [-0.39, 0.29) is 29.7 Å². The lowest BCUT2D eigenvalue weighted by atomic mass is 10.2. The van der Waals surface area contributed by atoms with Gasteiger partial charge in [-0.05, 0) is 35.8 Å². The zero-order valence-electron chi connectivity index (χ0n) is 13.8. The molecule has 0 aliphatic carbocycles. The summed E-state index contributed by atoms with van der Waals surface area (Å²) in [6.07, 6.45) is 3.10. The van der Waals surface area contributed by atoms with Crippen LogP contribution in [0.3, 0.4) is 0 Å².